The van der Waals surface area contributed by atoms with Gasteiger partial charge in [0.2, 0.25) is 10.0 Å². The molecule has 0 aliphatic carbocycles. The number of methoxy groups -OCH3 is 2. The molecule has 0 saturated carbocycles. The van der Waals surface area contributed by atoms with Crippen LogP contribution in [0.25, 0.3) is 0 Å². The van der Waals surface area contributed by atoms with Crippen LogP contribution in [0.4, 0.5) is 28.6 Å². The molecule has 0 amide bonds. The van der Waals surface area contributed by atoms with Crippen LogP contribution in [0.1, 0.15) is 36.1 Å². The topological polar surface area (TPSA) is 111 Å². The lowest BCUT2D eigenvalue weighted by molar-refractivity contribution is 0.122. The van der Waals surface area contributed by atoms with Gasteiger partial charge < -0.3 is 34.4 Å². The molecule has 2 unspecified atom stereocenters. The van der Waals surface area contributed by atoms with Crippen molar-refractivity contribution in [1.29, 1.82) is 0 Å². The van der Waals surface area contributed by atoms with E-state index in [0.29, 0.717) is 12.2 Å². The van der Waals surface area contributed by atoms with Crippen molar-refractivity contribution in [3.05, 3.63) is 89.6 Å². The average molecular weight is 675 g/mol. The maximum absolute atomic E-state index is 12.4. The van der Waals surface area contributed by atoms with Gasteiger partial charge >= 0.3 is 0 Å². The minimum atomic E-state index is -3.41. The lowest BCUT2D eigenvalue weighted by Gasteiger charge is -2.39. The van der Waals surface area contributed by atoms with Gasteiger partial charge in [-0.2, -0.15) is 0 Å². The molecular formula is C36H46N6O5S. The van der Waals surface area contributed by atoms with E-state index in [9.17, 15) is 8.42 Å². The van der Waals surface area contributed by atoms with Gasteiger partial charge in [-0.3, -0.25) is 4.31 Å². The number of sulfonamides is 1. The van der Waals surface area contributed by atoms with Gasteiger partial charge in [0.25, 0.3) is 0 Å². The van der Waals surface area contributed by atoms with E-state index in [4.69, 9.17) is 14.2 Å². The minimum absolute atomic E-state index is 0.159. The Balaban J connectivity index is 1.30. The second-order valence-corrected chi connectivity index (χ2v) is 14.5. The predicted molar refractivity (Wildman–Crippen MR) is 193 cm³/mol. The van der Waals surface area contributed by atoms with Crippen LogP contribution in [0, 0.1) is 0 Å². The van der Waals surface area contributed by atoms with Gasteiger partial charge in [0.15, 0.2) is 0 Å². The highest BCUT2D eigenvalue weighted by molar-refractivity contribution is 7.92. The first-order chi connectivity index (χ1) is 23.1. The maximum atomic E-state index is 12.4. The van der Waals surface area contributed by atoms with Crippen molar-refractivity contribution in [2.45, 2.75) is 38.3 Å². The van der Waals surface area contributed by atoms with E-state index >= 15 is 0 Å². The van der Waals surface area contributed by atoms with Crippen molar-refractivity contribution in [2.75, 3.05) is 73.4 Å². The fraction of sp³-hybridized carbons (Fsp3) is 0.389. The molecule has 3 N–H and O–H groups in total. The number of nitrogens with zero attached hydrogens (tertiary/aromatic N) is 3. The number of hydrazine groups is 1. The molecule has 0 spiro atoms. The third kappa shape index (κ3) is 7.35. The van der Waals surface area contributed by atoms with E-state index in [2.05, 4.69) is 69.0 Å². The minimum Gasteiger partial charge on any atom is -0.497 e. The third-order valence-electron chi connectivity index (χ3n) is 9.30. The molecule has 2 atom stereocenters. The Morgan fingerprint density at radius 1 is 1.00 bits per heavy atom. The summed E-state index contributed by atoms with van der Waals surface area (Å²) >= 11 is 0. The average Bonchev–Trinajstić information content (AvgIpc) is 3.52. The molecule has 1 aromatic heterocycles. The summed E-state index contributed by atoms with van der Waals surface area (Å²) in [5.41, 5.74) is 10.6. The fourth-order valence-corrected chi connectivity index (χ4v) is 7.18. The zero-order valence-corrected chi connectivity index (χ0v) is 29.1. The Labute approximate surface area is 283 Å². The van der Waals surface area contributed by atoms with Gasteiger partial charge in [0, 0.05) is 62.2 Å². The van der Waals surface area contributed by atoms with E-state index in [0.717, 1.165) is 84.8 Å². The molecule has 0 radical (unpaired) electrons. The highest BCUT2D eigenvalue weighted by atomic mass is 32.2. The molecule has 12 heteroatoms. The number of anilines is 5. The van der Waals surface area contributed by atoms with Crippen LogP contribution in [-0.4, -0.2) is 73.3 Å². The maximum Gasteiger partial charge on any atom is 0.232 e. The first-order valence-corrected chi connectivity index (χ1v) is 18.2. The van der Waals surface area contributed by atoms with Crippen LogP contribution in [-0.2, 0) is 27.7 Å². The summed E-state index contributed by atoms with van der Waals surface area (Å²) in [7, 11) is 1.55. The van der Waals surface area contributed by atoms with E-state index in [1.165, 1.54) is 16.1 Å². The second-order valence-electron chi connectivity index (χ2n) is 12.5. The van der Waals surface area contributed by atoms with Crippen molar-refractivity contribution in [3.63, 3.8) is 0 Å². The molecule has 6 rings (SSSR count). The quantitative estimate of drug-likeness (QED) is 0.176. The normalized spacial score (nSPS) is 17.9. The van der Waals surface area contributed by atoms with Gasteiger partial charge in [-0.15, -0.1) is 0 Å². The van der Waals surface area contributed by atoms with Crippen LogP contribution in [0.15, 0.2) is 72.8 Å². The number of para-hydroxylation sites is 1. The number of benzene rings is 3. The molecule has 2 aliphatic heterocycles. The van der Waals surface area contributed by atoms with Crippen molar-refractivity contribution in [2.24, 2.45) is 0 Å². The van der Waals surface area contributed by atoms with Crippen LogP contribution in [0.2, 0.25) is 0 Å². The van der Waals surface area contributed by atoms with Crippen molar-refractivity contribution < 1.29 is 22.6 Å². The van der Waals surface area contributed by atoms with Crippen molar-refractivity contribution >= 4 is 38.6 Å². The van der Waals surface area contributed by atoms with Crippen LogP contribution in [0.5, 0.6) is 11.5 Å². The number of hydrogen-bond acceptors (Lipinski definition) is 9. The Morgan fingerprint density at radius 3 is 2.46 bits per heavy atom. The monoisotopic (exact) mass is 674 g/mol. The summed E-state index contributed by atoms with van der Waals surface area (Å²) < 4.78 is 42.9. The first-order valence-electron chi connectivity index (χ1n) is 16.3. The lowest BCUT2D eigenvalue weighted by atomic mass is 9.86. The molecule has 3 heterocycles. The zero-order chi connectivity index (χ0) is 33.8. The van der Waals surface area contributed by atoms with Gasteiger partial charge in [-0.05, 0) is 61.2 Å². The molecule has 1 saturated heterocycles. The molecule has 48 heavy (non-hydrogen) atoms. The third-order valence-corrected chi connectivity index (χ3v) is 10.5. The molecule has 0 bridgehead atoms. The highest BCUT2D eigenvalue weighted by Crippen LogP contribution is 2.42. The number of fused-ring (bicyclic) bond motifs is 1. The number of nitrogens with one attached hydrogen (secondary N) is 3. The smallest absolute Gasteiger partial charge is 0.232 e. The molecule has 4 aromatic rings. The summed E-state index contributed by atoms with van der Waals surface area (Å²) in [4.78, 5) is 6.02. The van der Waals surface area contributed by atoms with Gasteiger partial charge in [-0.25, -0.2) is 13.8 Å². The number of H-pyrrole nitrogens is 1. The Morgan fingerprint density at radius 2 is 1.75 bits per heavy atom. The summed E-state index contributed by atoms with van der Waals surface area (Å²) in [6.07, 6.45) is 3.00. The largest absolute Gasteiger partial charge is 0.497 e. The van der Waals surface area contributed by atoms with E-state index in [-0.39, 0.29) is 12.0 Å². The van der Waals surface area contributed by atoms with Gasteiger partial charge in [-0.1, -0.05) is 30.3 Å². The number of hydrogen-bond donors (Lipinski definition) is 3. The summed E-state index contributed by atoms with van der Waals surface area (Å²) in [6.45, 7) is 5.82. The van der Waals surface area contributed by atoms with E-state index < -0.39 is 10.0 Å². The standard InChI is InChI=1S/C36H46N6O5S/c1-25-20-28(21-26-10-13-30(45-3)14-11-26)36-33(42(25)37-24-27-8-6-7-9-32(27)40(2)48(5,43)44)23-35(39-36)38-31-15-12-29(22-34(31)46-4)41-16-18-47-19-17-41/h6-15,22-23,25,28,37-39H,16-21,24H2,1-5H3. The Hall–Kier alpha value is -4.39. The van der Waals surface area contributed by atoms with Crippen molar-refractivity contribution in [3.8, 4) is 11.5 Å². The molecule has 256 valence electrons. The van der Waals surface area contributed by atoms with Crippen LogP contribution < -0.4 is 34.4 Å². The van der Waals surface area contributed by atoms with Gasteiger partial charge in [0.1, 0.15) is 17.3 Å². The highest BCUT2D eigenvalue weighted by Gasteiger charge is 2.33. The molecular weight excluding hydrogens is 628 g/mol. The van der Waals surface area contributed by atoms with Crippen LogP contribution >= 0.6 is 0 Å². The predicted octanol–water partition coefficient (Wildman–Crippen LogP) is 5.64. The number of aromatic nitrogens is 1. The number of ether oxygens (including phenoxy) is 3. The molecule has 3 aromatic carbocycles. The summed E-state index contributed by atoms with van der Waals surface area (Å²) in [5.74, 6) is 2.70. The summed E-state index contributed by atoms with van der Waals surface area (Å²) in [5, 5.41) is 5.80. The van der Waals surface area contributed by atoms with Crippen LogP contribution in [0.3, 0.4) is 0 Å². The summed E-state index contributed by atoms with van der Waals surface area (Å²) in [6, 6.07) is 24.4. The number of aromatic amines is 1. The molecule has 11 nitrogen and oxygen atoms in total. The molecule has 1 fully saturated rings. The lowest BCUT2D eigenvalue weighted by Crippen LogP contribution is -2.48. The molecule has 2 aliphatic rings. The van der Waals surface area contributed by atoms with Crippen molar-refractivity contribution in [1.82, 2.24) is 10.4 Å². The first kappa shape index (κ1) is 33.5. The second kappa shape index (κ2) is 14.4. The Bertz CT molecular complexity index is 1810. The number of rotatable bonds is 12. The number of morpholine rings is 1. The Kier molecular flexibility index (Phi) is 10.0. The zero-order valence-electron chi connectivity index (χ0n) is 28.3. The fourth-order valence-electron chi connectivity index (χ4n) is 6.65. The SMILES string of the molecule is COc1ccc(CC2CC(C)N(NCc3ccccc3N(C)S(C)(=O)=O)c3cc(Nc4ccc(N5CCOCC5)cc4OC)[nH]c32)cc1. The van der Waals surface area contributed by atoms with E-state index in [1.54, 1.807) is 21.3 Å². The van der Waals surface area contributed by atoms with E-state index in [1.807, 2.05) is 36.4 Å². The van der Waals surface area contributed by atoms with Gasteiger partial charge in [0.05, 0.1) is 50.8 Å².